The third kappa shape index (κ3) is 2.24. The number of hydrogen-bond donors (Lipinski definition) is 2. The Morgan fingerprint density at radius 1 is 1.33 bits per heavy atom. The predicted octanol–water partition coefficient (Wildman–Crippen LogP) is 2.34. The summed E-state index contributed by atoms with van der Waals surface area (Å²) in [4.78, 5) is 14.6. The second kappa shape index (κ2) is 4.98. The van der Waals surface area contributed by atoms with Crippen LogP contribution in [0.15, 0.2) is 40.0 Å². The molecule has 1 heterocycles. The lowest BCUT2D eigenvalue weighted by Crippen LogP contribution is -2.05. The summed E-state index contributed by atoms with van der Waals surface area (Å²) in [5.41, 5.74) is 0.805. The number of rotatable bonds is 2. The number of nitrogens with zero attached hydrogens (tertiary/aromatic N) is 1. The van der Waals surface area contributed by atoms with E-state index in [1.54, 1.807) is 11.8 Å². The van der Waals surface area contributed by atoms with E-state index in [0.717, 1.165) is 10.5 Å². The molecule has 2 N–H and O–H groups in total. The second-order valence-electron chi connectivity index (χ2n) is 3.61. The SMILES string of the molecule is CSc1ccc(-c2cc(=O)[nH]c(O)c2C#N)cc1. The van der Waals surface area contributed by atoms with E-state index >= 15 is 0 Å². The van der Waals surface area contributed by atoms with Crippen molar-refractivity contribution in [2.24, 2.45) is 0 Å². The van der Waals surface area contributed by atoms with Crippen LogP contribution in [0.1, 0.15) is 5.56 Å². The van der Waals surface area contributed by atoms with Gasteiger partial charge in [-0.05, 0) is 24.0 Å². The van der Waals surface area contributed by atoms with Gasteiger partial charge in [0.15, 0.2) is 0 Å². The quantitative estimate of drug-likeness (QED) is 0.810. The molecule has 0 aliphatic rings. The number of hydrogen-bond acceptors (Lipinski definition) is 4. The summed E-state index contributed by atoms with van der Waals surface area (Å²) in [6.45, 7) is 0. The molecule has 5 heteroatoms. The van der Waals surface area contributed by atoms with Crippen molar-refractivity contribution in [1.29, 1.82) is 5.26 Å². The van der Waals surface area contributed by atoms with E-state index in [1.807, 2.05) is 36.6 Å². The fraction of sp³-hybridized carbons (Fsp3) is 0.0769. The zero-order chi connectivity index (χ0) is 13.1. The molecule has 0 spiro atoms. The molecule has 0 bridgehead atoms. The molecule has 0 saturated heterocycles. The van der Waals surface area contributed by atoms with Crippen LogP contribution >= 0.6 is 11.8 Å². The van der Waals surface area contributed by atoms with Gasteiger partial charge in [0.1, 0.15) is 11.6 Å². The average Bonchev–Trinajstić information content (AvgIpc) is 2.38. The van der Waals surface area contributed by atoms with E-state index in [-0.39, 0.29) is 5.56 Å². The molecule has 2 aromatic rings. The molecular weight excluding hydrogens is 248 g/mol. The summed E-state index contributed by atoms with van der Waals surface area (Å²) in [7, 11) is 0. The normalized spacial score (nSPS) is 10.0. The van der Waals surface area contributed by atoms with E-state index in [4.69, 9.17) is 5.26 Å². The van der Waals surface area contributed by atoms with Crippen LogP contribution < -0.4 is 5.56 Å². The van der Waals surface area contributed by atoms with Gasteiger partial charge in [0.25, 0.3) is 5.56 Å². The van der Waals surface area contributed by atoms with Gasteiger partial charge in [0.2, 0.25) is 5.88 Å². The summed E-state index contributed by atoms with van der Waals surface area (Å²) in [5.74, 6) is -0.394. The van der Waals surface area contributed by atoms with E-state index in [9.17, 15) is 9.90 Å². The summed E-state index contributed by atoms with van der Waals surface area (Å²) in [5, 5.41) is 18.6. The van der Waals surface area contributed by atoms with E-state index in [2.05, 4.69) is 4.98 Å². The summed E-state index contributed by atoms with van der Waals surface area (Å²) < 4.78 is 0. The molecule has 0 unspecified atom stereocenters. The van der Waals surface area contributed by atoms with Crippen LogP contribution in [0.25, 0.3) is 11.1 Å². The topological polar surface area (TPSA) is 76.9 Å². The first kappa shape index (κ1) is 12.3. The van der Waals surface area contributed by atoms with Crippen molar-refractivity contribution in [2.45, 2.75) is 4.90 Å². The van der Waals surface area contributed by atoms with Crippen molar-refractivity contribution >= 4 is 11.8 Å². The Hall–Kier alpha value is -2.19. The largest absolute Gasteiger partial charge is 0.494 e. The van der Waals surface area contributed by atoms with Crippen molar-refractivity contribution in [1.82, 2.24) is 4.98 Å². The van der Waals surface area contributed by atoms with Gasteiger partial charge in [-0.1, -0.05) is 12.1 Å². The zero-order valence-corrected chi connectivity index (χ0v) is 10.4. The van der Waals surface area contributed by atoms with Gasteiger partial charge in [0, 0.05) is 16.5 Å². The third-order valence-electron chi connectivity index (χ3n) is 2.54. The Kier molecular flexibility index (Phi) is 3.40. The monoisotopic (exact) mass is 258 g/mol. The molecule has 0 aliphatic carbocycles. The minimum atomic E-state index is -0.435. The zero-order valence-electron chi connectivity index (χ0n) is 9.60. The minimum Gasteiger partial charge on any atom is -0.494 e. The number of aromatic amines is 1. The van der Waals surface area contributed by atoms with Gasteiger partial charge < -0.3 is 5.11 Å². The number of pyridine rings is 1. The van der Waals surface area contributed by atoms with Crippen LogP contribution in [-0.2, 0) is 0 Å². The van der Waals surface area contributed by atoms with Gasteiger partial charge in [-0.3, -0.25) is 9.78 Å². The number of aromatic hydroxyl groups is 1. The molecule has 4 nitrogen and oxygen atoms in total. The molecule has 0 amide bonds. The summed E-state index contributed by atoms with van der Waals surface area (Å²) in [6, 6.07) is 10.6. The lowest BCUT2D eigenvalue weighted by atomic mass is 10.0. The maximum atomic E-state index is 11.3. The van der Waals surface area contributed by atoms with Crippen molar-refractivity contribution in [3.8, 4) is 23.1 Å². The highest BCUT2D eigenvalue weighted by molar-refractivity contribution is 7.98. The molecule has 1 aromatic carbocycles. The summed E-state index contributed by atoms with van der Waals surface area (Å²) >= 11 is 1.61. The Morgan fingerprint density at radius 2 is 2.00 bits per heavy atom. The highest BCUT2D eigenvalue weighted by Gasteiger charge is 2.11. The van der Waals surface area contributed by atoms with Crippen molar-refractivity contribution in [3.05, 3.63) is 46.2 Å². The number of thioether (sulfide) groups is 1. The van der Waals surface area contributed by atoms with Crippen LogP contribution in [0.5, 0.6) is 5.88 Å². The Labute approximate surface area is 108 Å². The third-order valence-corrected chi connectivity index (χ3v) is 3.28. The van der Waals surface area contributed by atoms with Gasteiger partial charge in [-0.25, -0.2) is 0 Å². The Bertz CT molecular complexity index is 669. The first-order valence-electron chi connectivity index (χ1n) is 5.16. The lowest BCUT2D eigenvalue weighted by Gasteiger charge is -2.06. The van der Waals surface area contributed by atoms with Crippen LogP contribution in [0.2, 0.25) is 0 Å². The van der Waals surface area contributed by atoms with Crippen LogP contribution in [0, 0.1) is 11.3 Å². The van der Waals surface area contributed by atoms with Crippen molar-refractivity contribution in [2.75, 3.05) is 6.26 Å². The molecule has 1 aromatic heterocycles. The van der Waals surface area contributed by atoms with Crippen LogP contribution in [0.3, 0.4) is 0 Å². The lowest BCUT2D eigenvalue weighted by molar-refractivity contribution is 0.450. The number of aromatic nitrogens is 1. The maximum Gasteiger partial charge on any atom is 0.251 e. The first-order chi connectivity index (χ1) is 8.65. The number of benzene rings is 1. The first-order valence-corrected chi connectivity index (χ1v) is 6.39. The average molecular weight is 258 g/mol. The second-order valence-corrected chi connectivity index (χ2v) is 4.49. The molecular formula is C13H10N2O2S. The standard InChI is InChI=1S/C13H10N2O2S/c1-18-9-4-2-8(3-5-9)10-6-12(16)15-13(17)11(10)7-14/h2-6H,1H3,(H2,15,16,17). The number of H-pyrrole nitrogens is 1. The maximum absolute atomic E-state index is 11.3. The molecule has 2 rings (SSSR count). The Morgan fingerprint density at radius 3 is 2.56 bits per heavy atom. The fourth-order valence-corrected chi connectivity index (χ4v) is 2.07. The molecule has 0 atom stereocenters. The van der Waals surface area contributed by atoms with E-state index < -0.39 is 11.4 Å². The Balaban J connectivity index is 2.63. The van der Waals surface area contributed by atoms with Gasteiger partial charge in [-0.15, -0.1) is 11.8 Å². The molecule has 18 heavy (non-hydrogen) atoms. The summed E-state index contributed by atoms with van der Waals surface area (Å²) in [6.07, 6.45) is 1.97. The van der Waals surface area contributed by atoms with Crippen molar-refractivity contribution < 1.29 is 5.11 Å². The molecule has 0 aliphatic heterocycles. The molecule has 0 fully saturated rings. The number of nitrogens with one attached hydrogen (secondary N) is 1. The van der Waals surface area contributed by atoms with Gasteiger partial charge in [-0.2, -0.15) is 5.26 Å². The van der Waals surface area contributed by atoms with Crippen LogP contribution in [-0.4, -0.2) is 16.3 Å². The molecule has 0 saturated carbocycles. The van der Waals surface area contributed by atoms with E-state index in [1.165, 1.54) is 6.07 Å². The van der Waals surface area contributed by atoms with E-state index in [0.29, 0.717) is 5.56 Å². The predicted molar refractivity (Wildman–Crippen MR) is 70.7 cm³/mol. The van der Waals surface area contributed by atoms with Crippen molar-refractivity contribution in [3.63, 3.8) is 0 Å². The fourth-order valence-electron chi connectivity index (χ4n) is 1.66. The highest BCUT2D eigenvalue weighted by atomic mass is 32.2. The molecule has 90 valence electrons. The highest BCUT2D eigenvalue weighted by Crippen LogP contribution is 2.27. The number of nitriles is 1. The van der Waals surface area contributed by atoms with Gasteiger partial charge in [0.05, 0.1) is 0 Å². The van der Waals surface area contributed by atoms with Gasteiger partial charge >= 0.3 is 0 Å². The molecule has 0 radical (unpaired) electrons. The van der Waals surface area contributed by atoms with Crippen LogP contribution in [0.4, 0.5) is 0 Å². The minimum absolute atomic E-state index is 0.0755. The smallest absolute Gasteiger partial charge is 0.251 e.